The van der Waals surface area contributed by atoms with Gasteiger partial charge < -0.3 is 14.5 Å². The standard InChI is InChI=1S/C22H23FN2O3/c1-16-6-2-3-9-19(16)21(27)24-11-5-10-22(14-24)15-25(20(26)13-28-22)18-8-4-7-17(23)12-18/h2-4,6-9,12H,5,10-11,13-15H2,1H3. The second-order valence-electron chi connectivity index (χ2n) is 7.58. The van der Waals surface area contributed by atoms with Crippen LogP contribution in [0.15, 0.2) is 48.5 Å². The fraction of sp³-hybridized carbons (Fsp3) is 0.364. The first-order chi connectivity index (χ1) is 13.5. The number of carbonyl (C=O) groups is 2. The van der Waals surface area contributed by atoms with Gasteiger partial charge in [0.15, 0.2) is 0 Å². The van der Waals surface area contributed by atoms with Crippen molar-refractivity contribution in [2.45, 2.75) is 25.4 Å². The van der Waals surface area contributed by atoms with Gasteiger partial charge >= 0.3 is 0 Å². The van der Waals surface area contributed by atoms with Gasteiger partial charge in [0.25, 0.3) is 11.8 Å². The number of likely N-dealkylation sites (tertiary alicyclic amines) is 1. The Balaban J connectivity index is 1.56. The number of aryl methyl sites for hydroxylation is 1. The summed E-state index contributed by atoms with van der Waals surface area (Å²) in [5.41, 5.74) is 1.52. The third-order valence-electron chi connectivity index (χ3n) is 5.57. The molecule has 0 bridgehead atoms. The van der Waals surface area contributed by atoms with E-state index in [4.69, 9.17) is 4.74 Å². The van der Waals surface area contributed by atoms with E-state index in [9.17, 15) is 14.0 Å². The summed E-state index contributed by atoms with van der Waals surface area (Å²) in [6, 6.07) is 13.6. The van der Waals surface area contributed by atoms with E-state index in [0.717, 1.165) is 18.4 Å². The first kappa shape index (κ1) is 18.6. The molecule has 6 heteroatoms. The number of hydrogen-bond donors (Lipinski definition) is 0. The monoisotopic (exact) mass is 382 g/mol. The number of hydrogen-bond acceptors (Lipinski definition) is 3. The highest BCUT2D eigenvalue weighted by molar-refractivity contribution is 5.96. The van der Waals surface area contributed by atoms with Gasteiger partial charge in [0, 0.05) is 17.8 Å². The zero-order valence-electron chi connectivity index (χ0n) is 15.9. The van der Waals surface area contributed by atoms with Gasteiger partial charge in [0.1, 0.15) is 18.0 Å². The van der Waals surface area contributed by atoms with Crippen LogP contribution >= 0.6 is 0 Å². The minimum Gasteiger partial charge on any atom is -0.361 e. The van der Waals surface area contributed by atoms with Crippen LogP contribution < -0.4 is 4.90 Å². The predicted molar refractivity (Wildman–Crippen MR) is 104 cm³/mol. The smallest absolute Gasteiger partial charge is 0.254 e. The summed E-state index contributed by atoms with van der Waals surface area (Å²) in [7, 11) is 0. The number of anilines is 1. The first-order valence-corrected chi connectivity index (χ1v) is 9.52. The maximum absolute atomic E-state index is 13.7. The maximum Gasteiger partial charge on any atom is 0.254 e. The summed E-state index contributed by atoms with van der Waals surface area (Å²) < 4.78 is 19.6. The first-order valence-electron chi connectivity index (χ1n) is 9.52. The molecule has 2 aliphatic heterocycles. The van der Waals surface area contributed by atoms with Crippen LogP contribution in [0.3, 0.4) is 0 Å². The third-order valence-corrected chi connectivity index (χ3v) is 5.57. The largest absolute Gasteiger partial charge is 0.361 e. The molecule has 2 fully saturated rings. The summed E-state index contributed by atoms with van der Waals surface area (Å²) >= 11 is 0. The summed E-state index contributed by atoms with van der Waals surface area (Å²) in [5, 5.41) is 0. The van der Waals surface area contributed by atoms with Crippen molar-refractivity contribution in [3.8, 4) is 0 Å². The Kier molecular flexibility index (Phi) is 4.89. The van der Waals surface area contributed by atoms with Crippen molar-refractivity contribution in [1.82, 2.24) is 4.90 Å². The Morgan fingerprint density at radius 2 is 1.96 bits per heavy atom. The third kappa shape index (κ3) is 3.52. The molecule has 1 spiro atoms. The fourth-order valence-corrected chi connectivity index (χ4v) is 4.10. The number of morpholine rings is 1. The van der Waals surface area contributed by atoms with Crippen LogP contribution in [0, 0.1) is 12.7 Å². The normalized spacial score (nSPS) is 22.6. The molecule has 0 aromatic heterocycles. The molecule has 2 aromatic carbocycles. The highest BCUT2D eigenvalue weighted by atomic mass is 19.1. The average Bonchev–Trinajstić information content (AvgIpc) is 2.70. The Morgan fingerprint density at radius 3 is 2.75 bits per heavy atom. The van der Waals surface area contributed by atoms with E-state index in [1.54, 1.807) is 17.0 Å². The van der Waals surface area contributed by atoms with Gasteiger partial charge in [-0.25, -0.2) is 4.39 Å². The van der Waals surface area contributed by atoms with Crippen LogP contribution in [0.25, 0.3) is 0 Å². The molecule has 2 saturated heterocycles. The van der Waals surface area contributed by atoms with Crippen molar-refractivity contribution in [1.29, 1.82) is 0 Å². The molecular weight excluding hydrogens is 359 g/mol. The number of nitrogens with zero attached hydrogens (tertiary/aromatic N) is 2. The molecule has 0 N–H and O–H groups in total. The number of benzene rings is 2. The second kappa shape index (κ2) is 7.36. The lowest BCUT2D eigenvalue weighted by atomic mass is 9.89. The SMILES string of the molecule is Cc1ccccc1C(=O)N1CCCC2(C1)CN(c1cccc(F)c1)C(=O)CO2. The van der Waals surface area contributed by atoms with Gasteiger partial charge in [-0.05, 0) is 49.6 Å². The molecule has 0 radical (unpaired) electrons. The van der Waals surface area contributed by atoms with E-state index in [2.05, 4.69) is 0 Å². The summed E-state index contributed by atoms with van der Waals surface area (Å²) in [4.78, 5) is 28.8. The maximum atomic E-state index is 13.7. The van der Waals surface area contributed by atoms with Crippen LogP contribution in [0.4, 0.5) is 10.1 Å². The lowest BCUT2D eigenvalue weighted by molar-refractivity contribution is -0.144. The molecule has 2 heterocycles. The zero-order valence-corrected chi connectivity index (χ0v) is 15.9. The van der Waals surface area contributed by atoms with E-state index in [0.29, 0.717) is 30.9 Å². The molecule has 1 atom stereocenters. The average molecular weight is 382 g/mol. The summed E-state index contributed by atoms with van der Waals surface area (Å²) in [6.45, 7) is 3.25. The topological polar surface area (TPSA) is 49.9 Å². The van der Waals surface area contributed by atoms with Crippen molar-refractivity contribution in [3.05, 3.63) is 65.5 Å². The van der Waals surface area contributed by atoms with Crippen molar-refractivity contribution in [2.75, 3.05) is 31.1 Å². The van der Waals surface area contributed by atoms with Gasteiger partial charge in [-0.2, -0.15) is 0 Å². The summed E-state index contributed by atoms with van der Waals surface area (Å²) in [5.74, 6) is -0.598. The van der Waals surface area contributed by atoms with Crippen LogP contribution in [0.2, 0.25) is 0 Å². The molecule has 0 aliphatic carbocycles. The van der Waals surface area contributed by atoms with Gasteiger partial charge in [0.2, 0.25) is 0 Å². The lowest BCUT2D eigenvalue weighted by Crippen LogP contribution is -2.62. The summed E-state index contributed by atoms with van der Waals surface area (Å²) in [6.07, 6.45) is 1.55. The Bertz CT molecular complexity index is 916. The minimum atomic E-state index is -0.628. The Morgan fingerprint density at radius 1 is 1.14 bits per heavy atom. The van der Waals surface area contributed by atoms with Crippen LogP contribution in [0.5, 0.6) is 0 Å². The number of halogens is 1. The Hall–Kier alpha value is -2.73. The number of piperidine rings is 1. The van der Waals surface area contributed by atoms with E-state index in [1.165, 1.54) is 12.1 Å². The minimum absolute atomic E-state index is 0.0185. The van der Waals surface area contributed by atoms with Crippen molar-refractivity contribution in [2.24, 2.45) is 0 Å². The molecule has 2 amide bonds. The van der Waals surface area contributed by atoms with E-state index < -0.39 is 5.60 Å². The van der Waals surface area contributed by atoms with Crippen LogP contribution in [-0.4, -0.2) is 48.6 Å². The van der Waals surface area contributed by atoms with Crippen molar-refractivity contribution < 1.29 is 18.7 Å². The molecule has 5 nitrogen and oxygen atoms in total. The van der Waals surface area contributed by atoms with E-state index in [-0.39, 0.29) is 24.2 Å². The molecule has 0 saturated carbocycles. The number of amides is 2. The fourth-order valence-electron chi connectivity index (χ4n) is 4.10. The Labute approximate surface area is 163 Å². The predicted octanol–water partition coefficient (Wildman–Crippen LogP) is 3.17. The van der Waals surface area contributed by atoms with E-state index >= 15 is 0 Å². The quantitative estimate of drug-likeness (QED) is 0.802. The number of carbonyl (C=O) groups excluding carboxylic acids is 2. The molecule has 146 valence electrons. The molecule has 1 unspecified atom stereocenters. The highest BCUT2D eigenvalue weighted by Crippen LogP contribution is 2.32. The molecule has 4 rings (SSSR count). The van der Waals surface area contributed by atoms with Crippen LogP contribution in [0.1, 0.15) is 28.8 Å². The van der Waals surface area contributed by atoms with Crippen LogP contribution in [-0.2, 0) is 9.53 Å². The van der Waals surface area contributed by atoms with Crippen molar-refractivity contribution in [3.63, 3.8) is 0 Å². The molecular formula is C22H23FN2O3. The van der Waals surface area contributed by atoms with Gasteiger partial charge in [-0.15, -0.1) is 0 Å². The van der Waals surface area contributed by atoms with Gasteiger partial charge in [-0.1, -0.05) is 24.3 Å². The zero-order chi connectivity index (χ0) is 19.7. The van der Waals surface area contributed by atoms with Gasteiger partial charge in [0.05, 0.1) is 13.1 Å². The highest BCUT2D eigenvalue weighted by Gasteiger charge is 2.44. The number of ether oxygens (including phenoxy) is 1. The van der Waals surface area contributed by atoms with Gasteiger partial charge in [-0.3, -0.25) is 9.59 Å². The lowest BCUT2D eigenvalue weighted by Gasteiger charge is -2.47. The molecule has 2 aliphatic rings. The van der Waals surface area contributed by atoms with Crippen molar-refractivity contribution >= 4 is 17.5 Å². The van der Waals surface area contributed by atoms with E-state index in [1.807, 2.05) is 36.1 Å². The number of rotatable bonds is 2. The second-order valence-corrected chi connectivity index (χ2v) is 7.58. The molecule has 2 aromatic rings. The molecule has 28 heavy (non-hydrogen) atoms.